The molecule has 1 aromatic carbocycles. The molecule has 2 aliphatic rings. The first-order chi connectivity index (χ1) is 11.7. The highest BCUT2D eigenvalue weighted by atomic mass is 35.5. The van der Waals surface area contributed by atoms with Crippen molar-refractivity contribution < 1.29 is 9.21 Å². The Labute approximate surface area is 158 Å². The van der Waals surface area contributed by atoms with Gasteiger partial charge in [0.05, 0.1) is 0 Å². The maximum Gasteiger partial charge on any atom is 0.225 e. The highest BCUT2D eigenvalue weighted by molar-refractivity contribution is 6.31. The average molecular weight is 384 g/mol. The van der Waals surface area contributed by atoms with Crippen LogP contribution in [0.2, 0.25) is 5.02 Å². The number of benzene rings is 1. The topological polar surface area (TPSA) is 58.4 Å². The Morgan fingerprint density at radius 1 is 1.20 bits per heavy atom. The fourth-order valence-electron chi connectivity index (χ4n) is 3.77. The number of carbonyl (C=O) groups is 1. The van der Waals surface area contributed by atoms with Gasteiger partial charge >= 0.3 is 0 Å². The van der Waals surface area contributed by atoms with Gasteiger partial charge in [0.1, 0.15) is 5.52 Å². The molecule has 1 amide bonds. The minimum Gasteiger partial charge on any atom is -0.440 e. The monoisotopic (exact) mass is 383 g/mol. The van der Waals surface area contributed by atoms with E-state index in [9.17, 15) is 4.79 Å². The number of amides is 1. The van der Waals surface area contributed by atoms with Crippen LogP contribution < -0.4 is 5.32 Å². The van der Waals surface area contributed by atoms with Gasteiger partial charge in [0, 0.05) is 29.9 Å². The zero-order valence-electron chi connectivity index (χ0n) is 14.0. The van der Waals surface area contributed by atoms with E-state index in [2.05, 4.69) is 10.3 Å². The first kappa shape index (κ1) is 18.5. The summed E-state index contributed by atoms with van der Waals surface area (Å²) in [6, 6.07) is 5.52. The Morgan fingerprint density at radius 2 is 1.92 bits per heavy atom. The third-order valence-electron chi connectivity index (χ3n) is 5.21. The lowest BCUT2D eigenvalue weighted by Crippen LogP contribution is -2.44. The molecule has 3 heterocycles. The predicted molar refractivity (Wildman–Crippen MR) is 100 cm³/mol. The molecule has 0 radical (unpaired) electrons. The third-order valence-corrected chi connectivity index (χ3v) is 5.45. The van der Waals surface area contributed by atoms with Crippen molar-refractivity contribution in [2.24, 2.45) is 5.92 Å². The molecule has 0 spiro atoms. The first-order valence-corrected chi connectivity index (χ1v) is 9.14. The largest absolute Gasteiger partial charge is 0.440 e. The minimum atomic E-state index is 0. The molecule has 7 heteroatoms. The number of likely N-dealkylation sites (tertiary alicyclic amines) is 1. The standard InChI is InChI=1S/C18H22ClN3O2.ClH/c19-14-1-2-16-15(11-14)21-17(24-16)12-5-9-22(10-6-12)18(23)13-3-7-20-8-4-13;/h1-2,11-13,20H,3-10H2;1H. The lowest BCUT2D eigenvalue weighted by atomic mass is 9.92. The highest BCUT2D eigenvalue weighted by Gasteiger charge is 2.31. The Morgan fingerprint density at radius 3 is 2.64 bits per heavy atom. The van der Waals surface area contributed by atoms with E-state index >= 15 is 0 Å². The number of carbonyl (C=O) groups excluding carboxylic acids is 1. The van der Waals surface area contributed by atoms with Crippen LogP contribution in [-0.4, -0.2) is 42.0 Å². The highest BCUT2D eigenvalue weighted by Crippen LogP contribution is 2.31. The van der Waals surface area contributed by atoms with Gasteiger partial charge in [-0.05, 0) is 57.0 Å². The lowest BCUT2D eigenvalue weighted by Gasteiger charge is -2.34. The molecule has 4 rings (SSSR count). The van der Waals surface area contributed by atoms with E-state index in [1.165, 1.54) is 0 Å². The van der Waals surface area contributed by atoms with Crippen LogP contribution in [0, 0.1) is 5.92 Å². The van der Waals surface area contributed by atoms with Crippen molar-refractivity contribution in [2.45, 2.75) is 31.6 Å². The van der Waals surface area contributed by atoms with Gasteiger partial charge in [-0.2, -0.15) is 0 Å². The summed E-state index contributed by atoms with van der Waals surface area (Å²) in [5.41, 5.74) is 1.59. The number of nitrogens with one attached hydrogen (secondary N) is 1. The van der Waals surface area contributed by atoms with Gasteiger partial charge in [-0.3, -0.25) is 4.79 Å². The van der Waals surface area contributed by atoms with Gasteiger partial charge in [-0.15, -0.1) is 12.4 Å². The molecule has 136 valence electrons. The number of halogens is 2. The van der Waals surface area contributed by atoms with Crippen molar-refractivity contribution in [2.75, 3.05) is 26.2 Å². The molecule has 2 fully saturated rings. The molecule has 2 aliphatic heterocycles. The summed E-state index contributed by atoms with van der Waals surface area (Å²) in [5.74, 6) is 1.60. The van der Waals surface area contributed by atoms with Crippen molar-refractivity contribution in [1.29, 1.82) is 0 Å². The van der Waals surface area contributed by atoms with Crippen molar-refractivity contribution in [3.8, 4) is 0 Å². The number of fused-ring (bicyclic) bond motifs is 1. The van der Waals surface area contributed by atoms with E-state index in [0.29, 0.717) is 10.9 Å². The molecule has 2 saturated heterocycles. The normalized spacial score (nSPS) is 19.8. The smallest absolute Gasteiger partial charge is 0.225 e. The third kappa shape index (κ3) is 3.94. The SMILES string of the molecule is Cl.O=C(C1CCNCC1)N1CCC(c2nc3cc(Cl)ccc3o2)CC1. The number of nitrogens with zero attached hydrogens (tertiary/aromatic N) is 2. The van der Waals surface area contributed by atoms with Crippen molar-refractivity contribution in [1.82, 2.24) is 15.2 Å². The fraction of sp³-hybridized carbons (Fsp3) is 0.556. The first-order valence-electron chi connectivity index (χ1n) is 8.76. The average Bonchev–Trinajstić information content (AvgIpc) is 3.05. The van der Waals surface area contributed by atoms with Gasteiger partial charge in [-0.1, -0.05) is 11.6 Å². The van der Waals surface area contributed by atoms with Crippen LogP contribution in [0.15, 0.2) is 22.6 Å². The summed E-state index contributed by atoms with van der Waals surface area (Å²) < 4.78 is 5.89. The number of oxazole rings is 1. The number of piperidine rings is 2. The molecule has 0 atom stereocenters. The second-order valence-corrected chi connectivity index (χ2v) is 7.22. The molecule has 1 aromatic heterocycles. The van der Waals surface area contributed by atoms with E-state index in [1.807, 2.05) is 23.1 Å². The molecule has 2 aromatic rings. The number of aromatic nitrogens is 1. The van der Waals surface area contributed by atoms with E-state index in [4.69, 9.17) is 16.0 Å². The van der Waals surface area contributed by atoms with Crippen LogP contribution in [-0.2, 0) is 4.79 Å². The Hall–Kier alpha value is -1.30. The summed E-state index contributed by atoms with van der Waals surface area (Å²) in [6.45, 7) is 3.51. The van der Waals surface area contributed by atoms with Crippen LogP contribution in [0.1, 0.15) is 37.5 Å². The number of rotatable bonds is 2. The molecule has 0 bridgehead atoms. The van der Waals surface area contributed by atoms with E-state index in [1.54, 1.807) is 0 Å². The molecule has 5 nitrogen and oxygen atoms in total. The van der Waals surface area contributed by atoms with Crippen LogP contribution in [0.3, 0.4) is 0 Å². The van der Waals surface area contributed by atoms with Crippen LogP contribution in [0.4, 0.5) is 0 Å². The Bertz CT molecular complexity index is 735. The van der Waals surface area contributed by atoms with Crippen LogP contribution in [0.25, 0.3) is 11.1 Å². The number of hydrogen-bond donors (Lipinski definition) is 1. The van der Waals surface area contributed by atoms with E-state index in [-0.39, 0.29) is 24.2 Å². The van der Waals surface area contributed by atoms with Crippen LogP contribution >= 0.6 is 24.0 Å². The molecular weight excluding hydrogens is 361 g/mol. The fourth-order valence-corrected chi connectivity index (χ4v) is 3.93. The van der Waals surface area contributed by atoms with Gasteiger partial charge in [0.2, 0.25) is 5.91 Å². The Balaban J connectivity index is 0.00000182. The molecule has 25 heavy (non-hydrogen) atoms. The van der Waals surface area contributed by atoms with Crippen molar-refractivity contribution >= 4 is 41.0 Å². The summed E-state index contributed by atoms with van der Waals surface area (Å²) in [5, 5.41) is 3.99. The number of hydrogen-bond acceptors (Lipinski definition) is 4. The molecule has 0 aliphatic carbocycles. The van der Waals surface area contributed by atoms with E-state index < -0.39 is 0 Å². The summed E-state index contributed by atoms with van der Waals surface area (Å²) in [7, 11) is 0. The van der Waals surface area contributed by atoms with Crippen LogP contribution in [0.5, 0.6) is 0 Å². The molecular formula is C18H23Cl2N3O2. The zero-order valence-corrected chi connectivity index (χ0v) is 15.6. The van der Waals surface area contributed by atoms with E-state index in [0.717, 1.165) is 68.9 Å². The second kappa shape index (κ2) is 7.94. The predicted octanol–water partition coefficient (Wildman–Crippen LogP) is 3.61. The van der Waals surface area contributed by atoms with Gasteiger partial charge in [-0.25, -0.2) is 4.98 Å². The quantitative estimate of drug-likeness (QED) is 0.860. The molecule has 0 saturated carbocycles. The van der Waals surface area contributed by atoms with Gasteiger partial charge in [0.25, 0.3) is 0 Å². The Kier molecular flexibility index (Phi) is 5.87. The maximum absolute atomic E-state index is 12.6. The maximum atomic E-state index is 12.6. The minimum absolute atomic E-state index is 0. The second-order valence-electron chi connectivity index (χ2n) is 6.79. The zero-order chi connectivity index (χ0) is 16.5. The van der Waals surface area contributed by atoms with Gasteiger partial charge in [0.15, 0.2) is 11.5 Å². The van der Waals surface area contributed by atoms with Gasteiger partial charge < -0.3 is 14.6 Å². The van der Waals surface area contributed by atoms with Crippen molar-refractivity contribution in [3.63, 3.8) is 0 Å². The van der Waals surface area contributed by atoms with Crippen molar-refractivity contribution in [3.05, 3.63) is 29.1 Å². The molecule has 0 unspecified atom stereocenters. The summed E-state index contributed by atoms with van der Waals surface area (Å²) in [4.78, 5) is 19.2. The lowest BCUT2D eigenvalue weighted by molar-refractivity contribution is -0.137. The molecule has 1 N–H and O–H groups in total. The summed E-state index contributed by atoms with van der Waals surface area (Å²) >= 11 is 6.01. The summed E-state index contributed by atoms with van der Waals surface area (Å²) in [6.07, 6.45) is 3.75.